The van der Waals surface area contributed by atoms with Crippen LogP contribution in [0.2, 0.25) is 0 Å². The highest BCUT2D eigenvalue weighted by molar-refractivity contribution is 6.04. The number of hydrogen-bond acceptors (Lipinski definition) is 2. The SMILES string of the molecule is C/C=C(\N)c1ccccc1-c1ccc2cc3c(cc2c1)C1(c2ccccc2-c2ccccc21)c1cc2ccccc2cc1-3.C=CCc1ccccn1. The number of pyridine rings is 1. The van der Waals surface area contributed by atoms with Gasteiger partial charge in [0.2, 0.25) is 0 Å². The molecule has 248 valence electrons. The lowest BCUT2D eigenvalue weighted by atomic mass is 9.70. The average molecular weight is 667 g/mol. The Labute approximate surface area is 305 Å². The molecule has 7 aromatic carbocycles. The van der Waals surface area contributed by atoms with Crippen LogP contribution >= 0.6 is 0 Å². The summed E-state index contributed by atoms with van der Waals surface area (Å²) >= 11 is 0. The van der Waals surface area contributed by atoms with Gasteiger partial charge in [-0.15, -0.1) is 6.58 Å². The van der Waals surface area contributed by atoms with Gasteiger partial charge >= 0.3 is 0 Å². The second-order valence-corrected chi connectivity index (χ2v) is 13.6. The third-order valence-electron chi connectivity index (χ3n) is 10.9. The van der Waals surface area contributed by atoms with Crippen LogP contribution < -0.4 is 5.73 Å². The smallest absolute Gasteiger partial charge is 0.0725 e. The summed E-state index contributed by atoms with van der Waals surface area (Å²) < 4.78 is 0. The summed E-state index contributed by atoms with van der Waals surface area (Å²) in [5.41, 5.74) is 22.1. The third kappa shape index (κ3) is 4.83. The Hall–Kier alpha value is -6.51. The summed E-state index contributed by atoms with van der Waals surface area (Å²) in [4.78, 5) is 4.10. The molecular weight excluding hydrogens is 629 g/mol. The summed E-state index contributed by atoms with van der Waals surface area (Å²) in [5, 5.41) is 5.04. The van der Waals surface area contributed by atoms with E-state index in [1.807, 2.05) is 37.3 Å². The standard InChI is InChI=1S/C42H29N.C8H9N/c1-2-41(43)34-16-6-5-13-31(34)29-20-19-28-23-36-35-22-26-11-3-4-12-27(26)24-39(35)42(40(36)25-30(28)21-29)37-17-9-7-14-32(37)33-15-8-10-18-38(33)42;1-2-5-8-6-3-4-7-9-8/h2-25H,43H2,1H3;2-4,6-7H,1,5H2/b41-2-;. The van der Waals surface area contributed by atoms with E-state index in [4.69, 9.17) is 5.73 Å². The zero-order chi connectivity index (χ0) is 35.2. The summed E-state index contributed by atoms with van der Waals surface area (Å²) in [5.74, 6) is 0. The lowest BCUT2D eigenvalue weighted by Crippen LogP contribution is -2.25. The number of benzene rings is 7. The predicted molar refractivity (Wildman–Crippen MR) is 219 cm³/mol. The van der Waals surface area contributed by atoms with Crippen LogP contribution in [0, 0.1) is 0 Å². The Kier molecular flexibility index (Phi) is 7.67. The maximum atomic E-state index is 6.44. The van der Waals surface area contributed by atoms with Crippen molar-refractivity contribution in [3.8, 4) is 33.4 Å². The van der Waals surface area contributed by atoms with Crippen LogP contribution in [-0.2, 0) is 11.8 Å². The third-order valence-corrected chi connectivity index (χ3v) is 10.9. The highest BCUT2D eigenvalue weighted by atomic mass is 14.7. The molecule has 0 amide bonds. The van der Waals surface area contributed by atoms with Gasteiger partial charge in [0.25, 0.3) is 0 Å². The molecule has 0 saturated heterocycles. The maximum Gasteiger partial charge on any atom is 0.0725 e. The highest BCUT2D eigenvalue weighted by Gasteiger charge is 2.51. The molecule has 0 radical (unpaired) electrons. The molecule has 8 aromatic rings. The van der Waals surface area contributed by atoms with Crippen LogP contribution in [-0.4, -0.2) is 4.98 Å². The summed E-state index contributed by atoms with van der Waals surface area (Å²) in [7, 11) is 0. The first kappa shape index (κ1) is 31.5. The Morgan fingerprint density at radius 2 is 1.12 bits per heavy atom. The Morgan fingerprint density at radius 1 is 0.558 bits per heavy atom. The van der Waals surface area contributed by atoms with E-state index in [1.54, 1.807) is 6.20 Å². The normalized spacial score (nSPS) is 13.2. The van der Waals surface area contributed by atoms with Gasteiger partial charge in [0.05, 0.1) is 5.41 Å². The van der Waals surface area contributed by atoms with Crippen molar-refractivity contribution in [3.05, 3.63) is 216 Å². The van der Waals surface area contributed by atoms with Gasteiger partial charge in [0, 0.05) is 29.6 Å². The van der Waals surface area contributed by atoms with E-state index in [0.717, 1.165) is 28.9 Å². The van der Waals surface area contributed by atoms with Crippen molar-refractivity contribution in [2.24, 2.45) is 5.73 Å². The molecule has 10 rings (SSSR count). The Balaban J connectivity index is 0.000000353. The molecular formula is C50H38N2. The quantitative estimate of drug-likeness (QED) is 0.190. The second-order valence-electron chi connectivity index (χ2n) is 13.6. The monoisotopic (exact) mass is 666 g/mol. The van der Waals surface area contributed by atoms with Crippen LogP contribution in [0.5, 0.6) is 0 Å². The minimum absolute atomic E-state index is 0.376. The van der Waals surface area contributed by atoms with Gasteiger partial charge in [-0.2, -0.15) is 0 Å². The number of rotatable bonds is 4. The van der Waals surface area contributed by atoms with Crippen molar-refractivity contribution in [2.45, 2.75) is 18.8 Å². The molecule has 2 aliphatic carbocycles. The summed E-state index contributed by atoms with van der Waals surface area (Å²) in [6.45, 7) is 5.61. The van der Waals surface area contributed by atoms with Gasteiger partial charge in [0.1, 0.15) is 0 Å². The van der Waals surface area contributed by atoms with Crippen LogP contribution in [0.4, 0.5) is 0 Å². The zero-order valence-electron chi connectivity index (χ0n) is 29.2. The number of allylic oxidation sites excluding steroid dienone is 2. The molecule has 0 fully saturated rings. The van der Waals surface area contributed by atoms with Gasteiger partial charge in [-0.1, -0.05) is 127 Å². The van der Waals surface area contributed by atoms with E-state index in [0.29, 0.717) is 0 Å². The molecule has 1 aromatic heterocycles. The molecule has 52 heavy (non-hydrogen) atoms. The highest BCUT2D eigenvalue weighted by Crippen LogP contribution is 2.63. The molecule has 2 N–H and O–H groups in total. The minimum Gasteiger partial charge on any atom is -0.398 e. The van der Waals surface area contributed by atoms with Crippen LogP contribution in [0.1, 0.15) is 40.4 Å². The van der Waals surface area contributed by atoms with Crippen LogP contribution in [0.15, 0.2) is 183 Å². The lowest BCUT2D eigenvalue weighted by Gasteiger charge is -2.30. The van der Waals surface area contributed by atoms with Gasteiger partial charge in [-0.25, -0.2) is 0 Å². The molecule has 0 atom stereocenters. The molecule has 2 aliphatic rings. The van der Waals surface area contributed by atoms with Crippen molar-refractivity contribution in [3.63, 3.8) is 0 Å². The number of hydrogen-bond donors (Lipinski definition) is 1. The van der Waals surface area contributed by atoms with Crippen LogP contribution in [0.3, 0.4) is 0 Å². The maximum absolute atomic E-state index is 6.44. The van der Waals surface area contributed by atoms with E-state index in [2.05, 4.69) is 151 Å². The summed E-state index contributed by atoms with van der Waals surface area (Å²) in [6, 6.07) is 57.7. The number of nitrogens with zero attached hydrogens (tertiary/aromatic N) is 1. The van der Waals surface area contributed by atoms with Crippen molar-refractivity contribution < 1.29 is 0 Å². The molecule has 2 nitrogen and oxygen atoms in total. The molecule has 2 heteroatoms. The number of aromatic nitrogens is 1. The molecule has 0 bridgehead atoms. The van der Waals surface area contributed by atoms with Gasteiger partial charge in [-0.05, 0) is 127 Å². The zero-order valence-corrected chi connectivity index (χ0v) is 29.2. The molecule has 1 heterocycles. The van der Waals surface area contributed by atoms with E-state index in [-0.39, 0.29) is 5.41 Å². The minimum atomic E-state index is -0.376. The summed E-state index contributed by atoms with van der Waals surface area (Å²) in [6.07, 6.45) is 6.48. The first-order valence-corrected chi connectivity index (χ1v) is 18.0. The van der Waals surface area contributed by atoms with Crippen molar-refractivity contribution >= 4 is 27.2 Å². The first-order chi connectivity index (χ1) is 25.6. The fourth-order valence-electron chi connectivity index (χ4n) is 8.54. The Morgan fingerprint density at radius 3 is 1.75 bits per heavy atom. The van der Waals surface area contributed by atoms with E-state index < -0.39 is 0 Å². The fourth-order valence-corrected chi connectivity index (χ4v) is 8.54. The largest absolute Gasteiger partial charge is 0.398 e. The predicted octanol–water partition coefficient (Wildman–Crippen LogP) is 12.1. The lowest BCUT2D eigenvalue weighted by molar-refractivity contribution is 0.796. The molecule has 0 aliphatic heterocycles. The van der Waals surface area contributed by atoms with E-state index >= 15 is 0 Å². The fraction of sp³-hybridized carbons (Fsp3) is 0.0600. The Bertz CT molecular complexity index is 2650. The number of nitrogens with two attached hydrogens (primary N) is 1. The second kappa shape index (κ2) is 12.7. The molecule has 1 spiro atoms. The molecule has 0 saturated carbocycles. The van der Waals surface area contributed by atoms with E-state index in [1.165, 1.54) is 71.6 Å². The van der Waals surface area contributed by atoms with Crippen molar-refractivity contribution in [2.75, 3.05) is 0 Å². The van der Waals surface area contributed by atoms with Crippen molar-refractivity contribution in [1.82, 2.24) is 4.98 Å². The molecule has 0 unspecified atom stereocenters. The van der Waals surface area contributed by atoms with Crippen molar-refractivity contribution in [1.29, 1.82) is 0 Å². The average Bonchev–Trinajstić information content (AvgIpc) is 3.65. The number of fused-ring (bicyclic) bond motifs is 12. The van der Waals surface area contributed by atoms with Gasteiger partial charge in [0.15, 0.2) is 0 Å². The first-order valence-electron chi connectivity index (χ1n) is 18.0. The van der Waals surface area contributed by atoms with Gasteiger partial charge < -0.3 is 5.73 Å². The van der Waals surface area contributed by atoms with Crippen LogP contribution in [0.25, 0.3) is 60.6 Å². The van der Waals surface area contributed by atoms with E-state index in [9.17, 15) is 0 Å². The topological polar surface area (TPSA) is 38.9 Å². The van der Waals surface area contributed by atoms with Gasteiger partial charge in [-0.3, -0.25) is 4.98 Å².